The van der Waals surface area contributed by atoms with Gasteiger partial charge in [-0.3, -0.25) is 4.79 Å². The molecule has 0 aliphatic rings. The second kappa shape index (κ2) is 7.62. The van der Waals surface area contributed by atoms with E-state index in [4.69, 9.17) is 9.72 Å². The number of nitrogens with one attached hydrogen (secondary N) is 1. The predicted octanol–water partition coefficient (Wildman–Crippen LogP) is 4.09. The summed E-state index contributed by atoms with van der Waals surface area (Å²) >= 11 is 0. The van der Waals surface area contributed by atoms with Crippen molar-refractivity contribution >= 4 is 11.6 Å². The smallest absolute Gasteiger partial charge is 0.270 e. The largest absolute Gasteiger partial charge is 0.497 e. The zero-order valence-electron chi connectivity index (χ0n) is 17.4. The monoisotopic (exact) mass is 380 g/mol. The summed E-state index contributed by atoms with van der Waals surface area (Å²) < 4.78 is 6.88. The Kier molecular flexibility index (Phi) is 5.40. The number of hydrogen-bond donors (Lipinski definition) is 1. The molecule has 0 saturated heterocycles. The first-order chi connectivity index (χ1) is 13.2. The van der Waals surface area contributed by atoms with E-state index in [-0.39, 0.29) is 11.3 Å². The molecule has 6 nitrogen and oxygen atoms in total. The lowest BCUT2D eigenvalue weighted by atomic mass is 9.93. The van der Waals surface area contributed by atoms with Crippen molar-refractivity contribution in [1.29, 1.82) is 0 Å². The summed E-state index contributed by atoms with van der Waals surface area (Å²) in [5.41, 5.74) is 3.54. The van der Waals surface area contributed by atoms with E-state index in [1.165, 1.54) is 0 Å². The van der Waals surface area contributed by atoms with Gasteiger partial charge in [0.25, 0.3) is 5.91 Å². The summed E-state index contributed by atoms with van der Waals surface area (Å²) in [6.07, 6.45) is 0. The van der Waals surface area contributed by atoms with E-state index in [0.717, 1.165) is 22.7 Å². The third-order valence-corrected chi connectivity index (χ3v) is 4.48. The van der Waals surface area contributed by atoms with Gasteiger partial charge in [0, 0.05) is 23.6 Å². The van der Waals surface area contributed by atoms with Crippen LogP contribution in [-0.4, -0.2) is 34.2 Å². The molecule has 1 amide bonds. The fraction of sp³-hybridized carbons (Fsp3) is 0.409. The van der Waals surface area contributed by atoms with Crippen molar-refractivity contribution in [2.45, 2.75) is 40.0 Å². The fourth-order valence-corrected chi connectivity index (χ4v) is 2.80. The molecular formula is C22H28N4O2. The maximum Gasteiger partial charge on any atom is 0.270 e. The molecular weight excluding hydrogens is 352 g/mol. The molecule has 0 unspecified atom stereocenters. The van der Waals surface area contributed by atoms with Gasteiger partial charge in [0.05, 0.1) is 18.5 Å². The highest BCUT2D eigenvalue weighted by molar-refractivity contribution is 5.94. The lowest BCUT2D eigenvalue weighted by Gasteiger charge is -2.14. The molecule has 0 bridgehead atoms. The summed E-state index contributed by atoms with van der Waals surface area (Å²) in [7, 11) is 1.64. The first kappa shape index (κ1) is 19.9. The van der Waals surface area contributed by atoms with E-state index in [1.54, 1.807) is 17.7 Å². The number of fused-ring (bicyclic) bond motifs is 1. The van der Waals surface area contributed by atoms with Gasteiger partial charge in [-0.2, -0.15) is 5.10 Å². The minimum Gasteiger partial charge on any atom is -0.497 e. The van der Waals surface area contributed by atoms with Crippen LogP contribution in [0.3, 0.4) is 0 Å². The Balaban J connectivity index is 2.13. The molecule has 0 radical (unpaired) electrons. The van der Waals surface area contributed by atoms with Gasteiger partial charge in [0.15, 0.2) is 5.65 Å². The minimum absolute atomic E-state index is 0.139. The molecule has 0 aliphatic heterocycles. The van der Waals surface area contributed by atoms with Gasteiger partial charge >= 0.3 is 0 Å². The molecule has 1 aromatic carbocycles. The van der Waals surface area contributed by atoms with Crippen LogP contribution in [0.1, 0.15) is 50.8 Å². The van der Waals surface area contributed by atoms with E-state index in [9.17, 15) is 4.79 Å². The highest BCUT2D eigenvalue weighted by Crippen LogP contribution is 2.26. The van der Waals surface area contributed by atoms with Crippen LogP contribution in [0.5, 0.6) is 5.75 Å². The Hall–Kier alpha value is -2.89. The Morgan fingerprint density at radius 1 is 1.18 bits per heavy atom. The Labute approximate surface area is 165 Å². The second-order valence-corrected chi connectivity index (χ2v) is 8.41. The van der Waals surface area contributed by atoms with E-state index < -0.39 is 0 Å². The van der Waals surface area contributed by atoms with Gasteiger partial charge in [-0.15, -0.1) is 0 Å². The molecule has 2 heterocycles. The summed E-state index contributed by atoms with van der Waals surface area (Å²) in [5, 5.41) is 7.66. The fourth-order valence-electron chi connectivity index (χ4n) is 2.80. The van der Waals surface area contributed by atoms with Crippen LogP contribution in [0.15, 0.2) is 36.4 Å². The molecule has 2 aromatic heterocycles. The molecule has 0 spiro atoms. The zero-order valence-corrected chi connectivity index (χ0v) is 17.4. The van der Waals surface area contributed by atoms with E-state index in [1.807, 2.05) is 30.3 Å². The van der Waals surface area contributed by atoms with Crippen molar-refractivity contribution in [2.24, 2.45) is 5.92 Å². The predicted molar refractivity (Wildman–Crippen MR) is 111 cm³/mol. The molecule has 6 heteroatoms. The SMILES string of the molecule is COc1ccc(-c2cc(C(=O)NCC(C)C)n3nc(C(C)(C)C)cc3n2)cc1. The quantitative estimate of drug-likeness (QED) is 0.724. The number of aromatic nitrogens is 3. The number of rotatable bonds is 5. The standard InChI is InChI=1S/C22H28N4O2/c1-14(2)13-23-21(27)18-11-17(15-7-9-16(28-6)10-8-15)24-20-12-19(22(3,4)5)25-26(18)20/h7-12,14H,13H2,1-6H3,(H,23,27). The summed E-state index contributed by atoms with van der Waals surface area (Å²) in [6, 6.07) is 11.4. The van der Waals surface area contributed by atoms with Gasteiger partial charge in [0.2, 0.25) is 0 Å². The van der Waals surface area contributed by atoms with E-state index in [0.29, 0.717) is 23.8 Å². The van der Waals surface area contributed by atoms with E-state index >= 15 is 0 Å². The maximum atomic E-state index is 12.9. The van der Waals surface area contributed by atoms with Crippen LogP contribution in [0.4, 0.5) is 0 Å². The zero-order chi connectivity index (χ0) is 20.5. The molecule has 28 heavy (non-hydrogen) atoms. The molecule has 148 valence electrons. The Morgan fingerprint density at radius 2 is 1.86 bits per heavy atom. The first-order valence-corrected chi connectivity index (χ1v) is 9.53. The lowest BCUT2D eigenvalue weighted by Crippen LogP contribution is -2.29. The lowest BCUT2D eigenvalue weighted by molar-refractivity contribution is 0.0941. The van der Waals surface area contributed by atoms with Crippen molar-refractivity contribution in [2.75, 3.05) is 13.7 Å². The van der Waals surface area contributed by atoms with Crippen molar-refractivity contribution in [3.05, 3.63) is 47.8 Å². The number of ether oxygens (including phenoxy) is 1. The van der Waals surface area contributed by atoms with Crippen LogP contribution in [-0.2, 0) is 5.41 Å². The Morgan fingerprint density at radius 3 is 2.43 bits per heavy atom. The van der Waals surface area contributed by atoms with Crippen molar-refractivity contribution < 1.29 is 9.53 Å². The average molecular weight is 380 g/mol. The molecule has 1 N–H and O–H groups in total. The highest BCUT2D eigenvalue weighted by Gasteiger charge is 2.22. The van der Waals surface area contributed by atoms with Crippen molar-refractivity contribution in [3.8, 4) is 17.0 Å². The summed E-state index contributed by atoms with van der Waals surface area (Å²) in [6.45, 7) is 11.0. The number of methoxy groups -OCH3 is 1. The maximum absolute atomic E-state index is 12.9. The molecule has 0 fully saturated rings. The topological polar surface area (TPSA) is 68.5 Å². The Bertz CT molecular complexity index is 982. The number of carbonyl (C=O) groups is 1. The van der Waals surface area contributed by atoms with Crippen LogP contribution < -0.4 is 10.1 Å². The van der Waals surface area contributed by atoms with Crippen molar-refractivity contribution in [1.82, 2.24) is 19.9 Å². The number of nitrogens with zero attached hydrogens (tertiary/aromatic N) is 3. The van der Waals surface area contributed by atoms with Crippen LogP contribution in [0.2, 0.25) is 0 Å². The highest BCUT2D eigenvalue weighted by atomic mass is 16.5. The van der Waals surface area contributed by atoms with Gasteiger partial charge < -0.3 is 10.1 Å². The number of hydrogen-bond acceptors (Lipinski definition) is 4. The molecule has 3 rings (SSSR count). The first-order valence-electron chi connectivity index (χ1n) is 9.53. The number of benzene rings is 1. The normalized spacial score (nSPS) is 11.8. The van der Waals surface area contributed by atoms with Crippen LogP contribution >= 0.6 is 0 Å². The average Bonchev–Trinajstić information content (AvgIpc) is 3.10. The molecule has 0 atom stereocenters. The van der Waals surface area contributed by atoms with Crippen LogP contribution in [0.25, 0.3) is 16.9 Å². The summed E-state index contributed by atoms with van der Waals surface area (Å²) in [4.78, 5) is 17.6. The third kappa shape index (κ3) is 4.16. The second-order valence-electron chi connectivity index (χ2n) is 8.41. The third-order valence-electron chi connectivity index (χ3n) is 4.48. The van der Waals surface area contributed by atoms with Gasteiger partial charge in [-0.1, -0.05) is 34.6 Å². The van der Waals surface area contributed by atoms with Crippen molar-refractivity contribution in [3.63, 3.8) is 0 Å². The number of amides is 1. The summed E-state index contributed by atoms with van der Waals surface area (Å²) in [5.74, 6) is 0.989. The van der Waals surface area contributed by atoms with Gasteiger partial charge in [-0.25, -0.2) is 9.50 Å². The molecule has 3 aromatic rings. The van der Waals surface area contributed by atoms with Gasteiger partial charge in [0.1, 0.15) is 11.4 Å². The van der Waals surface area contributed by atoms with E-state index in [2.05, 4.69) is 45.0 Å². The molecule has 0 saturated carbocycles. The number of carbonyl (C=O) groups excluding carboxylic acids is 1. The van der Waals surface area contributed by atoms with Gasteiger partial charge in [-0.05, 0) is 36.2 Å². The minimum atomic E-state index is -0.153. The molecule has 0 aliphatic carbocycles. The van der Waals surface area contributed by atoms with Crippen LogP contribution in [0, 0.1) is 5.92 Å².